The predicted octanol–water partition coefficient (Wildman–Crippen LogP) is 3.93. The largest absolute Gasteiger partial charge is 0.333 e. The quantitative estimate of drug-likeness (QED) is 0.662. The third-order valence-corrected chi connectivity index (χ3v) is 5.74. The van der Waals surface area contributed by atoms with Gasteiger partial charge < -0.3 is 4.90 Å². The number of aromatic nitrogens is 2. The number of hydrogen-bond acceptors (Lipinski definition) is 3. The van der Waals surface area contributed by atoms with Crippen molar-refractivity contribution in [3.63, 3.8) is 0 Å². The van der Waals surface area contributed by atoms with Crippen LogP contribution in [-0.2, 0) is 13.6 Å². The molecule has 2 heterocycles. The van der Waals surface area contributed by atoms with E-state index in [1.54, 1.807) is 11.8 Å². The van der Waals surface area contributed by atoms with Crippen molar-refractivity contribution in [2.24, 2.45) is 7.05 Å². The number of fused-ring (bicyclic) bond motifs is 1. The average molecular weight is 363 g/mol. The highest BCUT2D eigenvalue weighted by Crippen LogP contribution is 2.34. The molecule has 1 aliphatic rings. The topological polar surface area (TPSA) is 38.1 Å². The first-order valence-corrected chi connectivity index (χ1v) is 9.88. The minimum absolute atomic E-state index is 0.0957. The average Bonchev–Trinajstić information content (AvgIpc) is 3.12. The van der Waals surface area contributed by atoms with Crippen LogP contribution in [0.3, 0.4) is 0 Å². The van der Waals surface area contributed by atoms with Gasteiger partial charge >= 0.3 is 0 Å². The zero-order chi connectivity index (χ0) is 18.1. The van der Waals surface area contributed by atoms with Gasteiger partial charge in [-0.3, -0.25) is 9.48 Å². The second-order valence-electron chi connectivity index (χ2n) is 6.58. The molecule has 0 radical (unpaired) electrons. The second kappa shape index (κ2) is 7.00. The van der Waals surface area contributed by atoms with Crippen molar-refractivity contribution >= 4 is 17.7 Å². The number of hydrogen-bond donors (Lipinski definition) is 0. The van der Waals surface area contributed by atoms with Crippen LogP contribution < -0.4 is 0 Å². The summed E-state index contributed by atoms with van der Waals surface area (Å²) in [5.74, 6) is 0.248. The van der Waals surface area contributed by atoms with Crippen LogP contribution >= 0.6 is 11.8 Å². The summed E-state index contributed by atoms with van der Waals surface area (Å²) in [4.78, 5) is 16.3. The molecule has 1 amide bonds. The summed E-state index contributed by atoms with van der Waals surface area (Å²) in [6.45, 7) is 1.32. The van der Waals surface area contributed by atoms with Gasteiger partial charge in [0.2, 0.25) is 0 Å². The molecule has 132 valence electrons. The number of rotatable bonds is 3. The number of nitrogens with zero attached hydrogens (tertiary/aromatic N) is 3. The fraction of sp³-hybridized carbons (Fsp3) is 0.238. The normalized spacial score (nSPS) is 16.4. The van der Waals surface area contributed by atoms with Crippen molar-refractivity contribution in [3.8, 4) is 0 Å². The van der Waals surface area contributed by atoms with E-state index in [0.29, 0.717) is 13.1 Å². The monoisotopic (exact) mass is 363 g/mol. The van der Waals surface area contributed by atoms with Crippen LogP contribution in [0.1, 0.15) is 33.0 Å². The summed E-state index contributed by atoms with van der Waals surface area (Å²) < 4.78 is 1.82. The van der Waals surface area contributed by atoms with Crippen molar-refractivity contribution in [2.45, 2.75) is 17.4 Å². The maximum Gasteiger partial charge on any atom is 0.255 e. The Morgan fingerprint density at radius 3 is 2.69 bits per heavy atom. The molecule has 1 aliphatic heterocycles. The Labute approximate surface area is 157 Å². The highest BCUT2D eigenvalue weighted by atomic mass is 32.2. The summed E-state index contributed by atoms with van der Waals surface area (Å²) in [6, 6.07) is 16.3. The van der Waals surface area contributed by atoms with Crippen LogP contribution in [0.25, 0.3) is 0 Å². The number of benzene rings is 2. The fourth-order valence-corrected chi connectivity index (χ4v) is 4.25. The molecule has 2 aromatic carbocycles. The van der Waals surface area contributed by atoms with Crippen molar-refractivity contribution in [1.29, 1.82) is 0 Å². The zero-order valence-corrected chi connectivity index (χ0v) is 15.7. The van der Waals surface area contributed by atoms with E-state index in [0.717, 1.165) is 16.0 Å². The summed E-state index contributed by atoms with van der Waals surface area (Å²) in [6.07, 6.45) is 5.96. The van der Waals surface area contributed by atoms with Gasteiger partial charge in [-0.05, 0) is 35.1 Å². The Morgan fingerprint density at radius 2 is 1.92 bits per heavy atom. The minimum Gasteiger partial charge on any atom is -0.333 e. The number of thioether (sulfide) groups is 1. The first-order valence-electron chi connectivity index (χ1n) is 8.66. The number of carbonyl (C=O) groups is 1. The van der Waals surface area contributed by atoms with Crippen LogP contribution in [0.5, 0.6) is 0 Å². The lowest BCUT2D eigenvalue weighted by molar-refractivity contribution is 0.0721. The second-order valence-corrected chi connectivity index (χ2v) is 7.43. The van der Waals surface area contributed by atoms with Crippen LogP contribution in [-0.4, -0.2) is 33.4 Å². The Morgan fingerprint density at radius 1 is 1.15 bits per heavy atom. The molecule has 3 aromatic rings. The highest BCUT2D eigenvalue weighted by molar-refractivity contribution is 7.98. The zero-order valence-electron chi connectivity index (χ0n) is 14.9. The van der Waals surface area contributed by atoms with Crippen molar-refractivity contribution in [3.05, 3.63) is 83.2 Å². The molecular weight excluding hydrogens is 342 g/mol. The lowest BCUT2D eigenvalue weighted by Gasteiger charge is -2.34. The fourth-order valence-electron chi connectivity index (χ4n) is 3.66. The van der Waals surface area contributed by atoms with E-state index in [9.17, 15) is 4.79 Å². The molecule has 0 saturated carbocycles. The predicted molar refractivity (Wildman–Crippen MR) is 104 cm³/mol. The Balaban J connectivity index is 1.72. The molecule has 0 fully saturated rings. The van der Waals surface area contributed by atoms with E-state index in [4.69, 9.17) is 0 Å². The molecule has 0 N–H and O–H groups in total. The van der Waals surface area contributed by atoms with Crippen LogP contribution in [0.2, 0.25) is 0 Å². The van der Waals surface area contributed by atoms with Crippen molar-refractivity contribution in [2.75, 3.05) is 12.8 Å². The minimum atomic E-state index is 0.0957. The molecule has 0 saturated heterocycles. The summed E-state index contributed by atoms with van der Waals surface area (Å²) >= 11 is 1.61. The first kappa shape index (κ1) is 16.9. The standard InChI is InChI=1S/C21H21N3OS/c1-23-12-16(11-22-23)19-14-24(13-15-7-3-4-8-17(15)19)21(25)18-9-5-6-10-20(18)26-2/h3-12,19H,13-14H2,1-2H3. The van der Waals surface area contributed by atoms with Crippen molar-refractivity contribution < 1.29 is 4.79 Å². The van der Waals surface area contributed by atoms with Crippen molar-refractivity contribution in [1.82, 2.24) is 14.7 Å². The van der Waals surface area contributed by atoms with Gasteiger partial charge in [0.15, 0.2) is 0 Å². The summed E-state index contributed by atoms with van der Waals surface area (Å²) in [5, 5.41) is 4.33. The number of amides is 1. The molecule has 1 unspecified atom stereocenters. The third-order valence-electron chi connectivity index (χ3n) is 4.95. The Kier molecular flexibility index (Phi) is 4.55. The van der Waals surface area contributed by atoms with E-state index < -0.39 is 0 Å². The van der Waals surface area contributed by atoms with Crippen LogP contribution in [0, 0.1) is 0 Å². The molecule has 26 heavy (non-hydrogen) atoms. The van der Waals surface area contributed by atoms with E-state index >= 15 is 0 Å². The molecule has 4 rings (SSSR count). The molecule has 0 aliphatic carbocycles. The van der Waals surface area contributed by atoms with E-state index in [1.165, 1.54) is 11.1 Å². The number of carbonyl (C=O) groups excluding carboxylic acids is 1. The van der Waals surface area contributed by atoms with Gasteiger partial charge in [-0.1, -0.05) is 36.4 Å². The maximum atomic E-state index is 13.3. The summed E-state index contributed by atoms with van der Waals surface area (Å²) in [5.41, 5.74) is 4.44. The molecule has 5 heteroatoms. The van der Waals surface area contributed by atoms with Gasteiger partial charge in [-0.25, -0.2) is 0 Å². The summed E-state index contributed by atoms with van der Waals surface area (Å²) in [7, 11) is 1.93. The van der Waals surface area contributed by atoms with Crippen LogP contribution in [0.15, 0.2) is 65.8 Å². The lowest BCUT2D eigenvalue weighted by Crippen LogP contribution is -2.38. The SMILES string of the molecule is CSc1ccccc1C(=O)N1Cc2ccccc2C(c2cnn(C)c2)C1. The van der Waals surface area contributed by atoms with Gasteiger partial charge in [-0.15, -0.1) is 11.8 Å². The molecule has 1 aromatic heterocycles. The van der Waals surface area contributed by atoms with Gasteiger partial charge in [0.1, 0.15) is 0 Å². The number of aryl methyl sites for hydroxylation is 1. The van der Waals surface area contributed by atoms with E-state index in [-0.39, 0.29) is 11.8 Å². The third kappa shape index (κ3) is 3.03. The molecule has 0 bridgehead atoms. The first-order chi connectivity index (χ1) is 12.7. The smallest absolute Gasteiger partial charge is 0.255 e. The molecule has 1 atom stereocenters. The lowest BCUT2D eigenvalue weighted by atomic mass is 9.86. The highest BCUT2D eigenvalue weighted by Gasteiger charge is 2.30. The maximum absolute atomic E-state index is 13.3. The Hall–Kier alpha value is -2.53. The molecule has 4 nitrogen and oxygen atoms in total. The van der Waals surface area contributed by atoms with Crippen LogP contribution in [0.4, 0.5) is 0 Å². The molecule has 0 spiro atoms. The van der Waals surface area contributed by atoms with E-state index in [1.807, 2.05) is 65.6 Å². The Bertz CT molecular complexity index is 950. The van der Waals surface area contributed by atoms with Gasteiger partial charge in [-0.2, -0.15) is 5.10 Å². The van der Waals surface area contributed by atoms with E-state index in [2.05, 4.69) is 23.3 Å². The van der Waals surface area contributed by atoms with Gasteiger partial charge in [0.05, 0.1) is 11.8 Å². The molecular formula is C21H21N3OS. The van der Waals surface area contributed by atoms with Gasteiger partial charge in [0.25, 0.3) is 5.91 Å². The van der Waals surface area contributed by atoms with Gasteiger partial charge in [0, 0.05) is 37.1 Å².